The molecule has 3 radical (unpaired) electrons. The van der Waals surface area contributed by atoms with Crippen molar-refractivity contribution in [3.63, 3.8) is 0 Å². The van der Waals surface area contributed by atoms with Gasteiger partial charge in [-0.25, -0.2) is 0 Å². The quantitative estimate of drug-likeness (QED) is 0.605. The van der Waals surface area contributed by atoms with E-state index in [9.17, 15) is 0 Å². The van der Waals surface area contributed by atoms with Gasteiger partial charge in [0.25, 0.3) is 22.6 Å². The van der Waals surface area contributed by atoms with Gasteiger partial charge in [-0.2, -0.15) is 0 Å². The Morgan fingerprint density at radius 1 is 0.682 bits per heavy atom. The molecule has 0 aromatic rings. The fourth-order valence-electron chi connectivity index (χ4n) is 2.99. The zero-order chi connectivity index (χ0) is 16.7. The van der Waals surface area contributed by atoms with Gasteiger partial charge in [-0.1, -0.05) is 67.7 Å². The molecule has 0 amide bonds. The molecule has 1 rings (SSSR count). The molecule has 1 aliphatic rings. The summed E-state index contributed by atoms with van der Waals surface area (Å²) >= 11 is 0. The Kier molecular flexibility index (Phi) is 9.19. The van der Waals surface area contributed by atoms with E-state index >= 15 is 0 Å². The minimum Gasteiger partial charge on any atom is -0.362 e. The number of hydrogen-bond donors (Lipinski definition) is 0. The number of nitrogens with zero attached hydrogens (tertiary/aromatic N) is 3. The zero-order valence-electron chi connectivity index (χ0n) is 15.9. The highest BCUT2D eigenvalue weighted by Gasteiger charge is 2.35. The molecule has 1 fully saturated rings. The van der Waals surface area contributed by atoms with Crippen LogP contribution in [0, 0.1) is 5.92 Å². The molecule has 1 aliphatic heterocycles. The Hall–Kier alpha value is 0.0748. The summed E-state index contributed by atoms with van der Waals surface area (Å²) in [6.07, 6.45) is 6.14. The Morgan fingerprint density at radius 3 is 1.45 bits per heavy atom. The summed E-state index contributed by atoms with van der Waals surface area (Å²) in [5.74, 6) is 0.692. The van der Waals surface area contributed by atoms with E-state index < -0.39 is 0 Å². The van der Waals surface area contributed by atoms with Gasteiger partial charge < -0.3 is 14.2 Å². The Morgan fingerprint density at radius 2 is 1.09 bits per heavy atom. The van der Waals surface area contributed by atoms with Crippen molar-refractivity contribution in [2.45, 2.75) is 98.7 Å². The maximum Gasteiger partial charge on any atom is 0.290 e. The lowest BCUT2D eigenvalue weighted by atomic mass is 9.68. The first-order chi connectivity index (χ1) is 10.4. The van der Waals surface area contributed by atoms with Crippen LogP contribution in [0.2, 0.25) is 0 Å². The van der Waals surface area contributed by atoms with Gasteiger partial charge in [0.05, 0.1) is 0 Å². The van der Waals surface area contributed by atoms with Crippen molar-refractivity contribution in [2.75, 3.05) is 0 Å². The number of hydrogen-bond acceptors (Lipinski definition) is 3. The Bertz CT molecular complexity index is 286. The fourth-order valence-corrected chi connectivity index (χ4v) is 2.99. The van der Waals surface area contributed by atoms with E-state index in [2.05, 4.69) is 85.3 Å². The second kappa shape index (κ2) is 10.0. The van der Waals surface area contributed by atoms with Crippen molar-refractivity contribution in [1.29, 1.82) is 0 Å². The van der Waals surface area contributed by atoms with Gasteiger partial charge in [-0.15, -0.1) is 0 Å². The van der Waals surface area contributed by atoms with Crippen molar-refractivity contribution < 1.29 is 0 Å². The van der Waals surface area contributed by atoms with E-state index in [0.717, 1.165) is 0 Å². The molecule has 6 heteroatoms. The van der Waals surface area contributed by atoms with Crippen molar-refractivity contribution in [3.8, 4) is 0 Å². The van der Waals surface area contributed by atoms with Crippen LogP contribution in [0.3, 0.4) is 0 Å². The molecular formula is C16H35B3N3. The highest BCUT2D eigenvalue weighted by Crippen LogP contribution is 2.19. The van der Waals surface area contributed by atoms with Crippen LogP contribution in [-0.4, -0.2) is 54.9 Å². The van der Waals surface area contributed by atoms with Crippen LogP contribution in [0.25, 0.3) is 0 Å². The molecule has 1 heterocycles. The molecule has 0 N–H and O–H groups in total. The zero-order valence-corrected chi connectivity index (χ0v) is 15.9. The molecule has 0 bridgehead atoms. The van der Waals surface area contributed by atoms with E-state index in [1.54, 1.807) is 0 Å². The molecule has 4 atom stereocenters. The molecule has 0 aromatic heterocycles. The summed E-state index contributed by atoms with van der Waals surface area (Å²) < 4.78 is 7.25. The lowest BCUT2D eigenvalue weighted by Gasteiger charge is -2.48. The summed E-state index contributed by atoms with van der Waals surface area (Å²) in [5, 5.41) is 0. The lowest BCUT2D eigenvalue weighted by Crippen LogP contribution is -2.67. The second-order valence-electron chi connectivity index (χ2n) is 7.09. The van der Waals surface area contributed by atoms with Crippen LogP contribution in [0.5, 0.6) is 0 Å². The normalized spacial score (nSPS) is 23.0. The minimum atomic E-state index is 0.534. The highest BCUT2D eigenvalue weighted by molar-refractivity contribution is 6.65. The summed E-state index contributed by atoms with van der Waals surface area (Å²) in [4.78, 5) is 0. The van der Waals surface area contributed by atoms with Crippen molar-refractivity contribution >= 4 is 22.6 Å². The predicted octanol–water partition coefficient (Wildman–Crippen LogP) is 3.32. The van der Waals surface area contributed by atoms with Gasteiger partial charge in [0, 0.05) is 0 Å². The first kappa shape index (κ1) is 20.1. The summed E-state index contributed by atoms with van der Waals surface area (Å²) in [7, 11) is 6.93. The SMILES string of the molecule is CCCC(C)N1[B]N(C(C)CCC)[B]N(C(C)C(C)CC)[B]1. The standard InChI is InChI=1S/C16H35B3N3/c1-8-11-14(5)20-17-21(15(6)12-9-2)19-22(18-20)16(7)13(4)10-3/h13-16H,8-12H2,1-7H3. The average Bonchev–Trinajstić information content (AvgIpc) is 2.53. The van der Waals surface area contributed by atoms with Gasteiger partial charge in [0.1, 0.15) is 0 Å². The second-order valence-corrected chi connectivity index (χ2v) is 7.09. The van der Waals surface area contributed by atoms with Crippen LogP contribution < -0.4 is 0 Å². The molecule has 1 saturated heterocycles. The van der Waals surface area contributed by atoms with Gasteiger partial charge in [-0.05, 0) is 36.9 Å². The van der Waals surface area contributed by atoms with Crippen LogP contribution >= 0.6 is 0 Å². The molecule has 0 saturated carbocycles. The van der Waals surface area contributed by atoms with E-state index in [-0.39, 0.29) is 0 Å². The maximum atomic E-state index is 2.42. The summed E-state index contributed by atoms with van der Waals surface area (Å²) in [6, 6.07) is 1.65. The molecule has 0 aliphatic carbocycles. The smallest absolute Gasteiger partial charge is 0.290 e. The third-order valence-electron chi connectivity index (χ3n) is 5.17. The van der Waals surface area contributed by atoms with Crippen molar-refractivity contribution in [1.82, 2.24) is 14.2 Å². The van der Waals surface area contributed by atoms with E-state index in [0.29, 0.717) is 24.0 Å². The highest BCUT2D eigenvalue weighted by atomic mass is 15.3. The molecule has 22 heavy (non-hydrogen) atoms. The first-order valence-electron chi connectivity index (χ1n) is 9.31. The van der Waals surface area contributed by atoms with Crippen molar-refractivity contribution in [3.05, 3.63) is 0 Å². The molecule has 3 nitrogen and oxygen atoms in total. The van der Waals surface area contributed by atoms with E-state index in [1.807, 2.05) is 0 Å². The van der Waals surface area contributed by atoms with Crippen LogP contribution in [-0.2, 0) is 0 Å². The topological polar surface area (TPSA) is 9.72 Å². The number of rotatable bonds is 9. The first-order valence-corrected chi connectivity index (χ1v) is 9.31. The van der Waals surface area contributed by atoms with Crippen molar-refractivity contribution in [2.24, 2.45) is 5.92 Å². The van der Waals surface area contributed by atoms with Gasteiger partial charge in [0.15, 0.2) is 0 Å². The van der Waals surface area contributed by atoms with E-state index in [4.69, 9.17) is 0 Å². The molecule has 0 spiro atoms. The fraction of sp³-hybridized carbons (Fsp3) is 1.00. The van der Waals surface area contributed by atoms with Crippen LogP contribution in [0.4, 0.5) is 0 Å². The third kappa shape index (κ3) is 5.61. The van der Waals surface area contributed by atoms with E-state index in [1.165, 1.54) is 32.1 Å². The molecular weight excluding hydrogens is 267 g/mol. The molecule has 123 valence electrons. The third-order valence-corrected chi connectivity index (χ3v) is 5.17. The lowest BCUT2D eigenvalue weighted by molar-refractivity contribution is 0.297. The molecule has 0 aromatic carbocycles. The van der Waals surface area contributed by atoms with Gasteiger partial charge in [0.2, 0.25) is 0 Å². The van der Waals surface area contributed by atoms with Crippen LogP contribution in [0.15, 0.2) is 0 Å². The molecule has 4 unspecified atom stereocenters. The largest absolute Gasteiger partial charge is 0.362 e. The minimum absolute atomic E-state index is 0.534. The summed E-state index contributed by atoms with van der Waals surface area (Å²) in [6.45, 7) is 16.2. The van der Waals surface area contributed by atoms with Gasteiger partial charge in [-0.3, -0.25) is 0 Å². The Balaban J connectivity index is 2.79. The average molecular weight is 302 g/mol. The maximum absolute atomic E-state index is 2.42. The predicted molar refractivity (Wildman–Crippen MR) is 100 cm³/mol. The van der Waals surface area contributed by atoms with Crippen LogP contribution in [0.1, 0.15) is 80.6 Å². The Labute approximate surface area is 142 Å². The monoisotopic (exact) mass is 302 g/mol. The summed E-state index contributed by atoms with van der Waals surface area (Å²) in [5.41, 5.74) is 0. The van der Waals surface area contributed by atoms with Gasteiger partial charge >= 0.3 is 0 Å².